The van der Waals surface area contributed by atoms with Gasteiger partial charge in [-0.2, -0.15) is 5.10 Å². The molecule has 2 aromatic heterocycles. The molecule has 1 saturated heterocycles. The summed E-state index contributed by atoms with van der Waals surface area (Å²) in [5.74, 6) is 0.493. The van der Waals surface area contributed by atoms with Gasteiger partial charge >= 0.3 is 0 Å². The lowest BCUT2D eigenvalue weighted by atomic mass is 10.1. The SMILES string of the molecule is C=CCN(C(=O)c1ccc(-n2cccn2)nc1)[C@H]1CCS(=O)(=O)C1. The molecule has 0 N–H and O–H groups in total. The fraction of sp³-hybridized carbons (Fsp3) is 0.312. The summed E-state index contributed by atoms with van der Waals surface area (Å²) in [6.07, 6.45) is 6.96. The molecule has 0 saturated carbocycles. The number of carbonyl (C=O) groups excluding carboxylic acids is 1. The lowest BCUT2D eigenvalue weighted by molar-refractivity contribution is 0.0720. The number of pyridine rings is 1. The highest BCUT2D eigenvalue weighted by atomic mass is 32.2. The van der Waals surface area contributed by atoms with E-state index in [4.69, 9.17) is 0 Å². The van der Waals surface area contributed by atoms with Crippen LogP contribution in [0.25, 0.3) is 5.82 Å². The molecule has 126 valence electrons. The number of hydrogen-bond donors (Lipinski definition) is 0. The maximum Gasteiger partial charge on any atom is 0.255 e. The number of carbonyl (C=O) groups is 1. The standard InChI is InChI=1S/C16H18N4O3S/c1-2-8-19(14-6-10-24(22,23)12-14)16(21)13-4-5-15(17-11-13)20-9-3-7-18-20/h2-5,7,9,11,14H,1,6,8,10,12H2/t14-/m0/s1. The van der Waals surface area contributed by atoms with Crippen LogP contribution in [-0.4, -0.2) is 58.1 Å². The Balaban J connectivity index is 1.81. The van der Waals surface area contributed by atoms with Crippen molar-refractivity contribution in [3.63, 3.8) is 0 Å². The summed E-state index contributed by atoms with van der Waals surface area (Å²) in [7, 11) is -3.07. The lowest BCUT2D eigenvalue weighted by Gasteiger charge is -2.27. The molecule has 1 amide bonds. The molecule has 0 radical (unpaired) electrons. The van der Waals surface area contributed by atoms with Crippen molar-refractivity contribution in [1.29, 1.82) is 0 Å². The van der Waals surface area contributed by atoms with E-state index in [1.54, 1.807) is 46.3 Å². The van der Waals surface area contributed by atoms with Crippen LogP contribution in [0, 0.1) is 0 Å². The molecule has 1 atom stereocenters. The van der Waals surface area contributed by atoms with Crippen LogP contribution in [-0.2, 0) is 9.84 Å². The summed E-state index contributed by atoms with van der Waals surface area (Å²) in [6.45, 7) is 3.97. The van der Waals surface area contributed by atoms with Crippen LogP contribution >= 0.6 is 0 Å². The zero-order valence-electron chi connectivity index (χ0n) is 13.1. The van der Waals surface area contributed by atoms with Gasteiger partial charge in [0.15, 0.2) is 15.7 Å². The highest BCUT2D eigenvalue weighted by molar-refractivity contribution is 7.91. The van der Waals surface area contributed by atoms with Crippen molar-refractivity contribution in [3.8, 4) is 5.82 Å². The monoisotopic (exact) mass is 346 g/mol. The highest BCUT2D eigenvalue weighted by Crippen LogP contribution is 2.20. The molecule has 3 heterocycles. The normalized spacial score (nSPS) is 19.1. The van der Waals surface area contributed by atoms with Gasteiger partial charge in [-0.1, -0.05) is 6.08 Å². The summed E-state index contributed by atoms with van der Waals surface area (Å²) >= 11 is 0. The smallest absolute Gasteiger partial charge is 0.255 e. The van der Waals surface area contributed by atoms with Crippen molar-refractivity contribution in [2.75, 3.05) is 18.1 Å². The second kappa shape index (κ2) is 6.56. The minimum absolute atomic E-state index is 0.00534. The van der Waals surface area contributed by atoms with Gasteiger partial charge in [-0.25, -0.2) is 18.1 Å². The zero-order valence-corrected chi connectivity index (χ0v) is 13.9. The number of sulfone groups is 1. The van der Waals surface area contributed by atoms with Crippen LogP contribution < -0.4 is 0 Å². The average molecular weight is 346 g/mol. The predicted octanol–water partition coefficient (Wildman–Crippen LogP) is 1.08. The Labute approximate surface area is 140 Å². The van der Waals surface area contributed by atoms with Crippen LogP contribution in [0.3, 0.4) is 0 Å². The van der Waals surface area contributed by atoms with Gasteiger partial charge in [-0.15, -0.1) is 6.58 Å². The molecule has 7 nitrogen and oxygen atoms in total. The zero-order chi connectivity index (χ0) is 17.2. The van der Waals surface area contributed by atoms with Crippen molar-refractivity contribution >= 4 is 15.7 Å². The Bertz CT molecular complexity index is 829. The van der Waals surface area contributed by atoms with Gasteiger partial charge in [-0.05, 0) is 24.6 Å². The second-order valence-electron chi connectivity index (χ2n) is 5.66. The minimum Gasteiger partial charge on any atom is -0.331 e. The largest absolute Gasteiger partial charge is 0.331 e. The van der Waals surface area contributed by atoms with Gasteiger partial charge in [0.25, 0.3) is 5.91 Å². The first-order valence-corrected chi connectivity index (χ1v) is 9.41. The third-order valence-corrected chi connectivity index (χ3v) is 5.72. The summed E-state index contributed by atoms with van der Waals surface area (Å²) in [4.78, 5) is 18.6. The number of hydrogen-bond acceptors (Lipinski definition) is 5. The Morgan fingerprint density at radius 2 is 2.29 bits per heavy atom. The number of nitrogens with zero attached hydrogens (tertiary/aromatic N) is 4. The van der Waals surface area contributed by atoms with E-state index < -0.39 is 9.84 Å². The molecule has 8 heteroatoms. The van der Waals surface area contributed by atoms with E-state index in [-0.39, 0.29) is 23.5 Å². The van der Waals surface area contributed by atoms with Gasteiger partial charge in [0.2, 0.25) is 0 Å². The van der Waals surface area contributed by atoms with Crippen LogP contribution in [0.4, 0.5) is 0 Å². The molecule has 1 aliphatic rings. The number of amides is 1. The molecular formula is C16H18N4O3S. The molecule has 0 unspecified atom stereocenters. The molecule has 0 spiro atoms. The van der Waals surface area contributed by atoms with Crippen LogP contribution in [0.2, 0.25) is 0 Å². The molecule has 0 bridgehead atoms. The first kappa shape index (κ1) is 16.4. The van der Waals surface area contributed by atoms with Crippen LogP contribution in [0.1, 0.15) is 16.8 Å². The van der Waals surface area contributed by atoms with E-state index >= 15 is 0 Å². The number of aromatic nitrogens is 3. The molecule has 2 aromatic rings. The van der Waals surface area contributed by atoms with Gasteiger partial charge in [0.1, 0.15) is 0 Å². The molecule has 1 fully saturated rings. The molecular weight excluding hydrogens is 328 g/mol. The third-order valence-electron chi connectivity index (χ3n) is 3.97. The maximum absolute atomic E-state index is 12.8. The van der Waals surface area contributed by atoms with E-state index in [2.05, 4.69) is 16.7 Å². The first-order valence-electron chi connectivity index (χ1n) is 7.58. The van der Waals surface area contributed by atoms with Crippen LogP contribution in [0.15, 0.2) is 49.4 Å². The van der Waals surface area contributed by atoms with E-state index in [0.717, 1.165) is 0 Å². The third kappa shape index (κ3) is 3.38. The van der Waals surface area contributed by atoms with Crippen LogP contribution in [0.5, 0.6) is 0 Å². The second-order valence-corrected chi connectivity index (χ2v) is 7.89. The molecule has 0 aromatic carbocycles. The average Bonchev–Trinajstić information content (AvgIpc) is 3.22. The minimum atomic E-state index is -3.07. The Morgan fingerprint density at radius 1 is 1.46 bits per heavy atom. The summed E-state index contributed by atoms with van der Waals surface area (Å²) in [6, 6.07) is 4.85. The maximum atomic E-state index is 12.8. The summed E-state index contributed by atoms with van der Waals surface area (Å²) < 4.78 is 25.0. The summed E-state index contributed by atoms with van der Waals surface area (Å²) in [5.41, 5.74) is 0.414. The fourth-order valence-corrected chi connectivity index (χ4v) is 4.51. The van der Waals surface area contributed by atoms with Crippen molar-refractivity contribution in [1.82, 2.24) is 19.7 Å². The van der Waals surface area contributed by atoms with Gasteiger partial charge in [0, 0.05) is 31.2 Å². The van der Waals surface area contributed by atoms with Crippen molar-refractivity contribution in [2.45, 2.75) is 12.5 Å². The van der Waals surface area contributed by atoms with Gasteiger partial charge < -0.3 is 4.90 Å². The van der Waals surface area contributed by atoms with E-state index in [1.807, 2.05) is 0 Å². The fourth-order valence-electron chi connectivity index (χ4n) is 2.78. The van der Waals surface area contributed by atoms with Crippen molar-refractivity contribution < 1.29 is 13.2 Å². The first-order chi connectivity index (χ1) is 11.5. The molecule has 1 aliphatic heterocycles. The Kier molecular flexibility index (Phi) is 4.48. The number of rotatable bonds is 5. The highest BCUT2D eigenvalue weighted by Gasteiger charge is 2.34. The van der Waals surface area contributed by atoms with Gasteiger partial charge in [0.05, 0.1) is 17.1 Å². The summed E-state index contributed by atoms with van der Waals surface area (Å²) in [5, 5.41) is 4.08. The predicted molar refractivity (Wildman–Crippen MR) is 89.7 cm³/mol. The molecule has 24 heavy (non-hydrogen) atoms. The van der Waals surface area contributed by atoms with Gasteiger partial charge in [-0.3, -0.25) is 4.79 Å². The van der Waals surface area contributed by atoms with E-state index in [0.29, 0.717) is 24.3 Å². The molecule has 3 rings (SSSR count). The lowest BCUT2D eigenvalue weighted by Crippen LogP contribution is -2.41. The quantitative estimate of drug-likeness (QED) is 0.757. The Hall–Kier alpha value is -2.48. The molecule has 0 aliphatic carbocycles. The van der Waals surface area contributed by atoms with E-state index in [1.165, 1.54) is 6.20 Å². The van der Waals surface area contributed by atoms with Crippen molar-refractivity contribution in [3.05, 3.63) is 55.0 Å². The van der Waals surface area contributed by atoms with E-state index in [9.17, 15) is 13.2 Å². The Morgan fingerprint density at radius 3 is 2.83 bits per heavy atom. The topological polar surface area (TPSA) is 85.2 Å². The van der Waals surface area contributed by atoms with Crippen molar-refractivity contribution in [2.24, 2.45) is 0 Å².